The maximum atomic E-state index is 8.52. The van der Waals surface area contributed by atoms with E-state index in [1.165, 1.54) is 0 Å². The second-order valence-electron chi connectivity index (χ2n) is 2.66. The largest absolute Gasteiger partial charge is 0.317 e. The van der Waals surface area contributed by atoms with Gasteiger partial charge in [0.1, 0.15) is 0 Å². The molecule has 1 rings (SSSR count). The first-order chi connectivity index (χ1) is 4.84. The summed E-state index contributed by atoms with van der Waals surface area (Å²) in [6.07, 6.45) is 2.15. The molecule has 54 valence electrons. The Kier molecular flexibility index (Phi) is 2.47. The van der Waals surface area contributed by atoms with Crippen LogP contribution in [0.15, 0.2) is 12.2 Å². The number of hydrogen-bond donors (Lipinski definition) is 1. The van der Waals surface area contributed by atoms with Crippen molar-refractivity contribution in [2.75, 3.05) is 13.1 Å². The van der Waals surface area contributed by atoms with E-state index in [9.17, 15) is 0 Å². The van der Waals surface area contributed by atoms with E-state index in [1.807, 2.05) is 0 Å². The van der Waals surface area contributed by atoms with Crippen LogP contribution < -0.4 is 5.32 Å². The molecular weight excluding hydrogens is 124 g/mol. The Labute approximate surface area is 61.5 Å². The highest BCUT2D eigenvalue weighted by Crippen LogP contribution is 2.18. The van der Waals surface area contributed by atoms with E-state index >= 15 is 0 Å². The number of nitriles is 1. The minimum atomic E-state index is 0.450. The van der Waals surface area contributed by atoms with Crippen LogP contribution in [-0.2, 0) is 0 Å². The number of allylic oxidation sites excluding steroid dienone is 1. The summed E-state index contributed by atoms with van der Waals surface area (Å²) in [4.78, 5) is 0. The van der Waals surface area contributed by atoms with E-state index < -0.39 is 0 Å². The molecule has 1 aliphatic heterocycles. The molecule has 0 radical (unpaired) electrons. The highest BCUT2D eigenvalue weighted by Gasteiger charge is 2.14. The number of nitrogens with zero attached hydrogens (tertiary/aromatic N) is 1. The van der Waals surface area contributed by atoms with Gasteiger partial charge in [0.2, 0.25) is 0 Å². The molecule has 1 aliphatic rings. The Morgan fingerprint density at radius 2 is 2.10 bits per heavy atom. The lowest BCUT2D eigenvalue weighted by atomic mass is 9.92. The average molecular weight is 136 g/mol. The minimum Gasteiger partial charge on any atom is -0.317 e. The van der Waals surface area contributed by atoms with Crippen LogP contribution in [0, 0.1) is 17.2 Å². The molecule has 0 atom stereocenters. The molecule has 1 fully saturated rings. The smallest absolute Gasteiger partial charge is 0.0943 e. The Balaban J connectivity index is 2.40. The quantitative estimate of drug-likeness (QED) is 0.547. The van der Waals surface area contributed by atoms with Gasteiger partial charge >= 0.3 is 0 Å². The molecule has 0 bridgehead atoms. The van der Waals surface area contributed by atoms with Gasteiger partial charge in [0.25, 0.3) is 0 Å². The van der Waals surface area contributed by atoms with Crippen molar-refractivity contribution in [3.63, 3.8) is 0 Å². The first-order valence-electron chi connectivity index (χ1n) is 3.64. The maximum absolute atomic E-state index is 8.52. The van der Waals surface area contributed by atoms with E-state index in [-0.39, 0.29) is 0 Å². The summed E-state index contributed by atoms with van der Waals surface area (Å²) >= 11 is 0. The minimum absolute atomic E-state index is 0.450. The van der Waals surface area contributed by atoms with Crippen LogP contribution in [0.25, 0.3) is 0 Å². The lowest BCUT2D eigenvalue weighted by Crippen LogP contribution is -2.28. The first kappa shape index (κ1) is 7.30. The van der Waals surface area contributed by atoms with E-state index in [0.29, 0.717) is 5.92 Å². The first-order valence-corrected chi connectivity index (χ1v) is 3.64. The molecule has 0 spiro atoms. The SMILES string of the molecule is C=C(C#N)C1CCNCC1. The summed E-state index contributed by atoms with van der Waals surface area (Å²) in [6, 6.07) is 2.11. The van der Waals surface area contributed by atoms with E-state index in [0.717, 1.165) is 31.5 Å². The fourth-order valence-electron chi connectivity index (χ4n) is 1.26. The number of hydrogen-bond acceptors (Lipinski definition) is 2. The Morgan fingerprint density at radius 3 is 2.60 bits per heavy atom. The number of rotatable bonds is 1. The zero-order chi connectivity index (χ0) is 7.40. The van der Waals surface area contributed by atoms with E-state index in [4.69, 9.17) is 5.26 Å². The molecule has 0 unspecified atom stereocenters. The summed E-state index contributed by atoms with van der Waals surface area (Å²) in [7, 11) is 0. The Hall–Kier alpha value is -0.810. The molecule has 1 N–H and O–H groups in total. The highest BCUT2D eigenvalue weighted by molar-refractivity contribution is 5.19. The van der Waals surface area contributed by atoms with Crippen molar-refractivity contribution in [3.05, 3.63) is 12.2 Å². The Bertz CT molecular complexity index is 161. The van der Waals surface area contributed by atoms with Gasteiger partial charge in [0, 0.05) is 5.57 Å². The van der Waals surface area contributed by atoms with Crippen LogP contribution in [0.5, 0.6) is 0 Å². The van der Waals surface area contributed by atoms with Crippen molar-refractivity contribution in [1.82, 2.24) is 5.32 Å². The van der Waals surface area contributed by atoms with Gasteiger partial charge in [0.15, 0.2) is 0 Å². The second-order valence-corrected chi connectivity index (χ2v) is 2.66. The van der Waals surface area contributed by atoms with Crippen molar-refractivity contribution in [2.45, 2.75) is 12.8 Å². The van der Waals surface area contributed by atoms with Gasteiger partial charge in [-0.2, -0.15) is 5.26 Å². The van der Waals surface area contributed by atoms with Crippen molar-refractivity contribution >= 4 is 0 Å². The molecule has 1 saturated heterocycles. The number of nitrogens with one attached hydrogen (secondary N) is 1. The van der Waals surface area contributed by atoms with Crippen LogP contribution in [0.1, 0.15) is 12.8 Å². The Morgan fingerprint density at radius 1 is 1.50 bits per heavy atom. The molecule has 10 heavy (non-hydrogen) atoms. The third-order valence-corrected chi connectivity index (χ3v) is 1.98. The third-order valence-electron chi connectivity index (χ3n) is 1.98. The molecule has 2 nitrogen and oxygen atoms in total. The zero-order valence-electron chi connectivity index (χ0n) is 6.06. The van der Waals surface area contributed by atoms with Gasteiger partial charge in [-0.15, -0.1) is 0 Å². The van der Waals surface area contributed by atoms with Gasteiger partial charge in [-0.1, -0.05) is 6.58 Å². The molecule has 0 aromatic heterocycles. The van der Waals surface area contributed by atoms with Crippen LogP contribution in [0.4, 0.5) is 0 Å². The van der Waals surface area contributed by atoms with Crippen molar-refractivity contribution in [2.24, 2.45) is 5.92 Å². The van der Waals surface area contributed by atoms with E-state index in [1.54, 1.807) is 0 Å². The summed E-state index contributed by atoms with van der Waals surface area (Å²) in [5, 5.41) is 11.8. The summed E-state index contributed by atoms with van der Waals surface area (Å²) in [5.41, 5.74) is 0.751. The van der Waals surface area contributed by atoms with Gasteiger partial charge in [-0.05, 0) is 31.8 Å². The molecule has 1 heterocycles. The molecule has 0 amide bonds. The predicted octanol–water partition coefficient (Wildman–Crippen LogP) is 1.07. The monoisotopic (exact) mass is 136 g/mol. The van der Waals surface area contributed by atoms with E-state index in [2.05, 4.69) is 18.0 Å². The third kappa shape index (κ3) is 1.58. The average Bonchev–Trinajstić information content (AvgIpc) is 2.05. The van der Waals surface area contributed by atoms with Crippen LogP contribution >= 0.6 is 0 Å². The summed E-state index contributed by atoms with van der Waals surface area (Å²) in [5.74, 6) is 0.450. The fourth-order valence-corrected chi connectivity index (χ4v) is 1.26. The van der Waals surface area contributed by atoms with Crippen LogP contribution in [-0.4, -0.2) is 13.1 Å². The van der Waals surface area contributed by atoms with Crippen molar-refractivity contribution in [3.8, 4) is 6.07 Å². The van der Waals surface area contributed by atoms with Crippen LogP contribution in [0.3, 0.4) is 0 Å². The van der Waals surface area contributed by atoms with Crippen molar-refractivity contribution < 1.29 is 0 Å². The molecular formula is C8H12N2. The lowest BCUT2D eigenvalue weighted by Gasteiger charge is -2.20. The highest BCUT2D eigenvalue weighted by atomic mass is 14.9. The molecule has 0 aromatic rings. The molecule has 0 aliphatic carbocycles. The lowest BCUT2D eigenvalue weighted by molar-refractivity contribution is 0.427. The standard InChI is InChI=1S/C8H12N2/c1-7(6-9)8-2-4-10-5-3-8/h8,10H,1-5H2. The van der Waals surface area contributed by atoms with Crippen LogP contribution in [0.2, 0.25) is 0 Å². The number of piperidine rings is 1. The summed E-state index contributed by atoms with van der Waals surface area (Å²) in [6.45, 7) is 5.77. The summed E-state index contributed by atoms with van der Waals surface area (Å²) < 4.78 is 0. The normalized spacial score (nSPS) is 19.9. The molecule has 0 saturated carbocycles. The topological polar surface area (TPSA) is 35.8 Å². The fraction of sp³-hybridized carbons (Fsp3) is 0.625. The van der Waals surface area contributed by atoms with Crippen molar-refractivity contribution in [1.29, 1.82) is 5.26 Å². The zero-order valence-corrected chi connectivity index (χ0v) is 6.06. The molecule has 0 aromatic carbocycles. The van der Waals surface area contributed by atoms with Gasteiger partial charge in [-0.25, -0.2) is 0 Å². The maximum Gasteiger partial charge on any atom is 0.0943 e. The van der Waals surface area contributed by atoms with Gasteiger partial charge < -0.3 is 5.32 Å². The van der Waals surface area contributed by atoms with Gasteiger partial charge in [-0.3, -0.25) is 0 Å². The van der Waals surface area contributed by atoms with Gasteiger partial charge in [0.05, 0.1) is 6.07 Å². The molecule has 2 heteroatoms. The predicted molar refractivity (Wildman–Crippen MR) is 40.3 cm³/mol. The second kappa shape index (κ2) is 3.38.